The fourth-order valence-electron chi connectivity index (χ4n) is 3.83. The molecule has 7 heteroatoms. The van der Waals surface area contributed by atoms with Gasteiger partial charge in [-0.2, -0.15) is 0 Å². The molecule has 0 unspecified atom stereocenters. The lowest BCUT2D eigenvalue weighted by Crippen LogP contribution is -2.43. The fraction of sp³-hybridized carbons (Fsp3) is 0.429. The molecule has 1 aliphatic carbocycles. The largest absolute Gasteiger partial charge is 0.337 e. The van der Waals surface area contributed by atoms with E-state index in [1.807, 2.05) is 24.3 Å². The van der Waals surface area contributed by atoms with Gasteiger partial charge in [0, 0.05) is 46.9 Å². The van der Waals surface area contributed by atoms with Crippen molar-refractivity contribution in [3.63, 3.8) is 0 Å². The van der Waals surface area contributed by atoms with Crippen LogP contribution in [0.1, 0.15) is 47.3 Å². The zero-order valence-corrected chi connectivity index (χ0v) is 17.0. The van der Waals surface area contributed by atoms with Gasteiger partial charge in [-0.25, -0.2) is 13.8 Å². The van der Waals surface area contributed by atoms with Crippen LogP contribution >= 0.6 is 23.4 Å². The molecule has 1 fully saturated rings. The van der Waals surface area contributed by atoms with E-state index >= 15 is 0 Å². The van der Waals surface area contributed by atoms with Crippen molar-refractivity contribution < 1.29 is 13.6 Å². The highest BCUT2D eigenvalue weighted by Crippen LogP contribution is 2.37. The molecule has 1 aromatic heterocycles. The summed E-state index contributed by atoms with van der Waals surface area (Å²) in [5.74, 6) is -2.88. The van der Waals surface area contributed by atoms with Gasteiger partial charge in [0.05, 0.1) is 0 Å². The van der Waals surface area contributed by atoms with Crippen molar-refractivity contribution in [3.05, 3.63) is 52.3 Å². The monoisotopic (exact) mass is 422 g/mol. The number of pyridine rings is 1. The molecule has 1 aromatic carbocycles. The molecule has 2 aromatic rings. The van der Waals surface area contributed by atoms with E-state index in [0.29, 0.717) is 10.7 Å². The van der Waals surface area contributed by atoms with Crippen LogP contribution in [0.4, 0.5) is 8.78 Å². The Kier molecular flexibility index (Phi) is 5.61. The molecule has 1 amide bonds. The van der Waals surface area contributed by atoms with E-state index in [1.165, 1.54) is 4.90 Å². The number of carbonyl (C=O) groups excluding carboxylic acids is 1. The van der Waals surface area contributed by atoms with Crippen molar-refractivity contribution in [1.82, 2.24) is 9.88 Å². The Morgan fingerprint density at radius 1 is 1.14 bits per heavy atom. The van der Waals surface area contributed by atoms with Crippen LogP contribution in [0.2, 0.25) is 5.02 Å². The van der Waals surface area contributed by atoms with Gasteiger partial charge in [0.1, 0.15) is 5.69 Å². The molecule has 1 saturated heterocycles. The van der Waals surface area contributed by atoms with Crippen LogP contribution < -0.4 is 0 Å². The van der Waals surface area contributed by atoms with Gasteiger partial charge in [0.15, 0.2) is 0 Å². The molecule has 0 radical (unpaired) electrons. The average Bonchev–Trinajstić information content (AvgIpc) is 2.68. The van der Waals surface area contributed by atoms with Crippen molar-refractivity contribution in [2.45, 2.75) is 54.2 Å². The Morgan fingerprint density at radius 2 is 1.86 bits per heavy atom. The number of hydrogen-bond donors (Lipinski definition) is 0. The third kappa shape index (κ3) is 4.18. The minimum Gasteiger partial charge on any atom is -0.337 e. The van der Waals surface area contributed by atoms with Gasteiger partial charge in [-0.15, -0.1) is 0 Å². The fourth-order valence-corrected chi connectivity index (χ4v) is 5.13. The number of amides is 1. The molecule has 0 bridgehead atoms. The molecular formula is C21H21ClF2N2OS. The number of aromatic nitrogens is 1. The van der Waals surface area contributed by atoms with Gasteiger partial charge in [-0.1, -0.05) is 29.4 Å². The lowest BCUT2D eigenvalue weighted by Gasteiger charge is -2.32. The number of rotatable bonds is 3. The first-order chi connectivity index (χ1) is 13.4. The van der Waals surface area contributed by atoms with E-state index in [1.54, 1.807) is 18.0 Å². The predicted molar refractivity (Wildman–Crippen MR) is 107 cm³/mol. The van der Waals surface area contributed by atoms with Crippen LogP contribution in [0.15, 0.2) is 40.3 Å². The number of carbonyl (C=O) groups is 1. The number of hydrogen-bond acceptors (Lipinski definition) is 3. The second kappa shape index (κ2) is 7.99. The molecule has 3 nitrogen and oxygen atoms in total. The van der Waals surface area contributed by atoms with Gasteiger partial charge >= 0.3 is 0 Å². The number of fused-ring (bicyclic) bond motifs is 1. The van der Waals surface area contributed by atoms with E-state index in [4.69, 9.17) is 11.6 Å². The summed E-state index contributed by atoms with van der Waals surface area (Å²) >= 11 is 7.70. The summed E-state index contributed by atoms with van der Waals surface area (Å²) in [5.41, 5.74) is 2.59. The third-order valence-corrected chi connectivity index (χ3v) is 6.67. The summed E-state index contributed by atoms with van der Waals surface area (Å²) in [5, 5.41) is 0.681. The molecule has 0 atom stereocenters. The van der Waals surface area contributed by atoms with E-state index in [2.05, 4.69) is 4.98 Å². The quantitative estimate of drug-likeness (QED) is 0.642. The number of likely N-dealkylation sites (tertiary alicyclic amines) is 1. The number of piperidine rings is 1. The minimum atomic E-state index is -2.67. The molecule has 28 heavy (non-hydrogen) atoms. The maximum atomic E-state index is 13.4. The second-order valence-corrected chi connectivity index (χ2v) is 8.89. The maximum Gasteiger partial charge on any atom is 0.272 e. The van der Waals surface area contributed by atoms with E-state index < -0.39 is 5.92 Å². The lowest BCUT2D eigenvalue weighted by atomic mass is 9.90. The maximum absolute atomic E-state index is 13.4. The Labute approximate surface area is 172 Å². The second-order valence-electron chi connectivity index (χ2n) is 7.34. The Bertz CT molecular complexity index is 896. The van der Waals surface area contributed by atoms with Crippen LogP contribution in [0.5, 0.6) is 0 Å². The van der Waals surface area contributed by atoms with Crippen LogP contribution in [-0.2, 0) is 12.8 Å². The predicted octanol–water partition coefficient (Wildman–Crippen LogP) is 5.64. The molecular weight excluding hydrogens is 402 g/mol. The minimum absolute atomic E-state index is 0.0846. The molecule has 148 valence electrons. The van der Waals surface area contributed by atoms with Crippen molar-refractivity contribution in [3.8, 4) is 0 Å². The van der Waals surface area contributed by atoms with Crippen LogP contribution in [-0.4, -0.2) is 34.8 Å². The third-order valence-electron chi connectivity index (χ3n) is 5.37. The molecule has 0 saturated carbocycles. The summed E-state index contributed by atoms with van der Waals surface area (Å²) in [7, 11) is 0. The molecule has 0 spiro atoms. The number of nitrogens with zero attached hydrogens (tertiary/aromatic N) is 2. The normalized spacial score (nSPS) is 18.6. The molecule has 0 N–H and O–H groups in total. The van der Waals surface area contributed by atoms with Gasteiger partial charge in [-0.3, -0.25) is 4.79 Å². The van der Waals surface area contributed by atoms with Crippen molar-refractivity contribution >= 4 is 29.3 Å². The van der Waals surface area contributed by atoms with Gasteiger partial charge < -0.3 is 4.90 Å². The summed E-state index contributed by atoms with van der Waals surface area (Å²) < 4.78 is 26.9. The number of benzene rings is 1. The highest BCUT2D eigenvalue weighted by molar-refractivity contribution is 7.99. The summed E-state index contributed by atoms with van der Waals surface area (Å²) in [4.78, 5) is 21.1. The molecule has 1 aliphatic heterocycles. The number of halogens is 3. The summed E-state index contributed by atoms with van der Waals surface area (Å²) in [6, 6.07) is 7.66. The highest BCUT2D eigenvalue weighted by atomic mass is 35.5. The van der Waals surface area contributed by atoms with Crippen molar-refractivity contribution in [2.75, 3.05) is 13.1 Å². The van der Waals surface area contributed by atoms with Crippen LogP contribution in [0.25, 0.3) is 0 Å². The van der Waals surface area contributed by atoms with Crippen LogP contribution in [0.3, 0.4) is 0 Å². The Hall–Kier alpha value is -1.66. The van der Waals surface area contributed by atoms with E-state index in [9.17, 15) is 13.6 Å². The molecule has 2 heterocycles. The molecule has 2 aliphatic rings. The van der Waals surface area contributed by atoms with Gasteiger partial charge in [0.2, 0.25) is 0 Å². The molecule has 4 rings (SSSR count). The first-order valence-corrected chi connectivity index (χ1v) is 10.7. The SMILES string of the molecule is O=C(c1ncc(Sc2cccc(Cl)c2)c2c1CCCC2)N1CCC(F)(F)CC1. The first-order valence-electron chi connectivity index (χ1n) is 9.54. The van der Waals surface area contributed by atoms with Gasteiger partial charge in [0.25, 0.3) is 11.8 Å². The number of alkyl halides is 2. The highest BCUT2D eigenvalue weighted by Gasteiger charge is 2.37. The van der Waals surface area contributed by atoms with Crippen molar-refractivity contribution in [2.24, 2.45) is 0 Å². The summed E-state index contributed by atoms with van der Waals surface area (Å²) in [6.45, 7) is 0.169. The van der Waals surface area contributed by atoms with E-state index in [0.717, 1.165) is 46.6 Å². The topological polar surface area (TPSA) is 33.2 Å². The smallest absolute Gasteiger partial charge is 0.272 e. The van der Waals surface area contributed by atoms with Crippen molar-refractivity contribution in [1.29, 1.82) is 0 Å². The standard InChI is InChI=1S/C21H21ClF2N2OS/c22-14-4-3-5-15(12-14)28-18-13-25-19(17-7-2-1-6-16(17)18)20(27)26-10-8-21(23,24)9-11-26/h3-5,12-13H,1-2,6-11H2. The zero-order chi connectivity index (χ0) is 19.7. The summed E-state index contributed by atoms with van der Waals surface area (Å²) in [6.07, 6.45) is 4.99. The first kappa shape index (κ1) is 19.6. The van der Waals surface area contributed by atoms with E-state index in [-0.39, 0.29) is 31.8 Å². The van der Waals surface area contributed by atoms with Gasteiger partial charge in [-0.05, 0) is 55.0 Å². The Balaban J connectivity index is 1.62. The Morgan fingerprint density at radius 3 is 2.57 bits per heavy atom. The van der Waals surface area contributed by atoms with Crippen LogP contribution in [0, 0.1) is 0 Å². The average molecular weight is 423 g/mol. The zero-order valence-electron chi connectivity index (χ0n) is 15.4. The lowest BCUT2D eigenvalue weighted by molar-refractivity contribution is -0.0495.